The molecule has 8 heteroatoms. The molecule has 25 heavy (non-hydrogen) atoms. The summed E-state index contributed by atoms with van der Waals surface area (Å²) in [5, 5.41) is 13.2. The summed E-state index contributed by atoms with van der Waals surface area (Å²) in [5.74, 6) is -0.915. The first-order valence-electron chi connectivity index (χ1n) is 7.28. The smallest absolute Gasteiger partial charge is 0.304 e. The number of carboxylic acid groups (broad SMARTS) is 1. The van der Waals surface area contributed by atoms with E-state index in [4.69, 9.17) is 47.0 Å². The average molecular weight is 433 g/mol. The van der Waals surface area contributed by atoms with Crippen molar-refractivity contribution in [1.29, 1.82) is 0 Å². The normalized spacial score (nSPS) is 19.7. The third-order valence-corrected chi connectivity index (χ3v) is 6.89. The summed E-state index contributed by atoms with van der Waals surface area (Å²) < 4.78 is 0. The summed E-state index contributed by atoms with van der Waals surface area (Å²) in [6, 6.07) is 10.8. The molecule has 0 bridgehead atoms. The predicted molar refractivity (Wildman–Crippen MR) is 110 cm³/mol. The molecule has 1 aliphatic rings. The van der Waals surface area contributed by atoms with Crippen LogP contribution in [0.15, 0.2) is 36.4 Å². The van der Waals surface area contributed by atoms with E-state index in [0.717, 1.165) is 16.8 Å². The number of fused-ring (bicyclic) bond motifs is 1. The lowest BCUT2D eigenvalue weighted by Gasteiger charge is -2.21. The van der Waals surface area contributed by atoms with Gasteiger partial charge in [-0.05, 0) is 35.4 Å². The van der Waals surface area contributed by atoms with Crippen molar-refractivity contribution in [2.45, 2.75) is 16.9 Å². The van der Waals surface area contributed by atoms with Crippen LogP contribution in [0.2, 0.25) is 15.1 Å². The molecule has 2 aromatic rings. The number of rotatable bonds is 3. The highest BCUT2D eigenvalue weighted by molar-refractivity contribution is 8.02. The van der Waals surface area contributed by atoms with E-state index >= 15 is 0 Å². The van der Waals surface area contributed by atoms with Gasteiger partial charge in [-0.2, -0.15) is 0 Å². The van der Waals surface area contributed by atoms with E-state index in [9.17, 15) is 9.90 Å². The second-order valence-electron chi connectivity index (χ2n) is 5.47. The largest absolute Gasteiger partial charge is 0.481 e. The van der Waals surface area contributed by atoms with Gasteiger partial charge >= 0.3 is 5.97 Å². The van der Waals surface area contributed by atoms with Crippen molar-refractivity contribution in [2.24, 2.45) is 0 Å². The van der Waals surface area contributed by atoms with Crippen LogP contribution in [0.1, 0.15) is 22.8 Å². The number of thiocarbonyl (C=S) groups is 1. The predicted octanol–water partition coefficient (Wildman–Crippen LogP) is 6.07. The Morgan fingerprint density at radius 1 is 1.20 bits per heavy atom. The SMILES string of the molecule is O=C(O)C[C@H]1S[C@H](c2cccc(Cl)c2Cl)c2cc(Cl)ccc2NC1=S. The minimum atomic E-state index is -0.915. The monoisotopic (exact) mass is 431 g/mol. The lowest BCUT2D eigenvalue weighted by Crippen LogP contribution is -2.24. The van der Waals surface area contributed by atoms with Gasteiger partial charge in [-0.15, -0.1) is 11.8 Å². The van der Waals surface area contributed by atoms with Crippen LogP contribution in [0.25, 0.3) is 0 Å². The summed E-state index contributed by atoms with van der Waals surface area (Å²) in [4.78, 5) is 11.7. The molecule has 0 saturated carbocycles. The highest BCUT2D eigenvalue weighted by Crippen LogP contribution is 2.48. The van der Waals surface area contributed by atoms with E-state index in [1.807, 2.05) is 24.3 Å². The molecule has 130 valence electrons. The molecule has 0 fully saturated rings. The van der Waals surface area contributed by atoms with Gasteiger partial charge in [-0.1, -0.05) is 59.2 Å². The van der Waals surface area contributed by atoms with Gasteiger partial charge in [0.15, 0.2) is 0 Å². The van der Waals surface area contributed by atoms with Gasteiger partial charge in [0.2, 0.25) is 0 Å². The summed E-state index contributed by atoms with van der Waals surface area (Å²) >= 11 is 25.6. The molecule has 2 N–H and O–H groups in total. The average Bonchev–Trinajstić information content (AvgIpc) is 2.67. The zero-order valence-corrected chi connectivity index (χ0v) is 16.5. The topological polar surface area (TPSA) is 49.3 Å². The number of halogens is 3. The maximum Gasteiger partial charge on any atom is 0.304 e. The maximum absolute atomic E-state index is 11.2. The Morgan fingerprint density at radius 3 is 2.68 bits per heavy atom. The number of hydrogen-bond acceptors (Lipinski definition) is 3. The molecule has 3 nitrogen and oxygen atoms in total. The van der Waals surface area contributed by atoms with Crippen LogP contribution >= 0.6 is 58.8 Å². The minimum Gasteiger partial charge on any atom is -0.481 e. The summed E-state index contributed by atoms with van der Waals surface area (Å²) in [6.45, 7) is 0. The molecule has 0 unspecified atom stereocenters. The fourth-order valence-electron chi connectivity index (χ4n) is 2.64. The summed E-state index contributed by atoms with van der Waals surface area (Å²) in [6.07, 6.45) is -0.0904. The van der Waals surface area contributed by atoms with Gasteiger partial charge in [0.05, 0.1) is 32.0 Å². The van der Waals surface area contributed by atoms with Crippen LogP contribution in [0, 0.1) is 0 Å². The van der Waals surface area contributed by atoms with Crippen molar-refractivity contribution < 1.29 is 9.90 Å². The van der Waals surface area contributed by atoms with Gasteiger partial charge in [0.1, 0.15) is 0 Å². The van der Waals surface area contributed by atoms with Crippen LogP contribution in [0.5, 0.6) is 0 Å². The second-order valence-corrected chi connectivity index (χ2v) is 8.44. The van der Waals surface area contributed by atoms with E-state index in [1.165, 1.54) is 11.8 Å². The van der Waals surface area contributed by atoms with Crippen LogP contribution < -0.4 is 5.32 Å². The zero-order valence-electron chi connectivity index (χ0n) is 12.6. The molecule has 1 heterocycles. The summed E-state index contributed by atoms with van der Waals surface area (Å²) in [7, 11) is 0. The van der Waals surface area contributed by atoms with Crippen LogP contribution in [-0.2, 0) is 4.79 Å². The Labute approximate surface area is 169 Å². The molecule has 0 amide bonds. The van der Waals surface area contributed by atoms with Crippen molar-refractivity contribution in [2.75, 3.05) is 5.32 Å². The highest BCUT2D eigenvalue weighted by Gasteiger charge is 2.32. The molecule has 0 aromatic heterocycles. The van der Waals surface area contributed by atoms with E-state index < -0.39 is 11.2 Å². The Bertz CT molecular complexity index is 860. The van der Waals surface area contributed by atoms with Gasteiger partial charge in [-0.3, -0.25) is 4.79 Å². The highest BCUT2D eigenvalue weighted by atomic mass is 35.5. The number of hydrogen-bond donors (Lipinski definition) is 2. The molecule has 0 aliphatic carbocycles. The van der Waals surface area contributed by atoms with E-state index in [2.05, 4.69) is 5.32 Å². The molecule has 2 aromatic carbocycles. The number of thioether (sulfide) groups is 1. The number of benzene rings is 2. The first-order chi connectivity index (χ1) is 11.9. The summed E-state index contributed by atoms with van der Waals surface area (Å²) in [5.41, 5.74) is 2.47. The van der Waals surface area contributed by atoms with Gasteiger partial charge in [0, 0.05) is 10.7 Å². The van der Waals surface area contributed by atoms with Gasteiger partial charge in [0.25, 0.3) is 0 Å². The van der Waals surface area contributed by atoms with Crippen LogP contribution in [0.3, 0.4) is 0 Å². The Morgan fingerprint density at radius 2 is 1.96 bits per heavy atom. The third kappa shape index (κ3) is 4.07. The molecule has 2 atom stereocenters. The number of aliphatic carboxylic acids is 1. The van der Waals surface area contributed by atoms with E-state index in [-0.39, 0.29) is 11.7 Å². The lowest BCUT2D eigenvalue weighted by atomic mass is 10.0. The van der Waals surface area contributed by atoms with Crippen molar-refractivity contribution in [3.8, 4) is 0 Å². The first-order valence-corrected chi connectivity index (χ1v) is 9.77. The molecule has 0 saturated heterocycles. The Balaban J connectivity index is 2.15. The lowest BCUT2D eigenvalue weighted by molar-refractivity contribution is -0.136. The number of carboxylic acids is 1. The second kappa shape index (κ2) is 7.72. The van der Waals surface area contributed by atoms with Gasteiger partial charge < -0.3 is 10.4 Å². The van der Waals surface area contributed by atoms with E-state index in [0.29, 0.717) is 20.1 Å². The Hall–Kier alpha value is -0.980. The molecular weight excluding hydrogens is 421 g/mol. The van der Waals surface area contributed by atoms with Crippen LogP contribution in [0.4, 0.5) is 5.69 Å². The van der Waals surface area contributed by atoms with Crippen molar-refractivity contribution in [3.05, 3.63) is 62.6 Å². The number of anilines is 1. The molecule has 1 aliphatic heterocycles. The van der Waals surface area contributed by atoms with Crippen molar-refractivity contribution in [1.82, 2.24) is 0 Å². The third-order valence-electron chi connectivity index (χ3n) is 3.77. The quantitative estimate of drug-likeness (QED) is 0.577. The molecule has 3 rings (SSSR count). The minimum absolute atomic E-state index is 0.0904. The molecule has 0 radical (unpaired) electrons. The zero-order chi connectivity index (χ0) is 18.1. The van der Waals surface area contributed by atoms with Gasteiger partial charge in [-0.25, -0.2) is 0 Å². The first kappa shape index (κ1) is 18.8. The van der Waals surface area contributed by atoms with Crippen LogP contribution in [-0.4, -0.2) is 21.3 Å². The fourth-order valence-corrected chi connectivity index (χ4v) is 5.10. The molecular formula is C17H12Cl3NO2S2. The number of carbonyl (C=O) groups is 1. The molecule has 0 spiro atoms. The fraction of sp³-hybridized carbons (Fsp3) is 0.176. The maximum atomic E-state index is 11.2. The van der Waals surface area contributed by atoms with Crippen molar-refractivity contribution >= 4 is 75.4 Å². The van der Waals surface area contributed by atoms with Crippen molar-refractivity contribution in [3.63, 3.8) is 0 Å². The Kier molecular flexibility index (Phi) is 5.81. The number of nitrogens with one attached hydrogen (secondary N) is 1. The van der Waals surface area contributed by atoms with E-state index in [1.54, 1.807) is 12.1 Å². The standard InChI is InChI=1S/C17H12Cl3NO2S2/c18-8-4-5-12-10(6-8)16(9-2-1-3-11(19)15(9)20)25-13(7-14(22)23)17(24)21-12/h1-6,13,16H,7H2,(H,21,24)(H,22,23)/t13-,16-/m1/s1.